The smallest absolute Gasteiger partial charge is 0.325 e. The molecule has 4 rings (SSSR count). The van der Waals surface area contributed by atoms with Crippen molar-refractivity contribution in [2.75, 3.05) is 39.3 Å². The van der Waals surface area contributed by atoms with Crippen molar-refractivity contribution in [2.45, 2.75) is 19.9 Å². The Hall–Kier alpha value is -3.19. The van der Waals surface area contributed by atoms with E-state index >= 15 is 0 Å². The minimum atomic E-state index is -0.338. The fourth-order valence-electron chi connectivity index (χ4n) is 4.23. The van der Waals surface area contributed by atoms with E-state index in [4.69, 9.17) is 4.74 Å². The maximum absolute atomic E-state index is 13.1. The highest BCUT2D eigenvalue weighted by atomic mass is 19.1. The number of hydrogen-bond donors (Lipinski definition) is 0. The molecule has 1 aliphatic heterocycles. The van der Waals surface area contributed by atoms with Gasteiger partial charge in [-0.15, -0.1) is 0 Å². The van der Waals surface area contributed by atoms with Gasteiger partial charge in [-0.1, -0.05) is 18.2 Å². The average molecular weight is 438 g/mol. The monoisotopic (exact) mass is 437 g/mol. The van der Waals surface area contributed by atoms with E-state index in [0.29, 0.717) is 25.3 Å². The van der Waals surface area contributed by atoms with E-state index in [1.54, 1.807) is 0 Å². The number of para-hydroxylation sites is 1. The summed E-state index contributed by atoms with van der Waals surface area (Å²) in [6.07, 6.45) is 2.91. The maximum atomic E-state index is 13.1. The zero-order valence-electron chi connectivity index (χ0n) is 18.3. The minimum Gasteiger partial charge on any atom is -0.465 e. The number of benzene rings is 2. The SMILES string of the molecule is CCOC(=O)Cn1cc(CCN2CCN(C(=O)c3ccc(F)cc3)CC2)c2ccccc21. The summed E-state index contributed by atoms with van der Waals surface area (Å²) in [7, 11) is 0. The van der Waals surface area contributed by atoms with Crippen molar-refractivity contribution in [1.82, 2.24) is 14.4 Å². The first-order valence-corrected chi connectivity index (χ1v) is 11.0. The van der Waals surface area contributed by atoms with Crippen LogP contribution in [0.5, 0.6) is 0 Å². The number of amides is 1. The van der Waals surface area contributed by atoms with E-state index in [9.17, 15) is 14.0 Å². The van der Waals surface area contributed by atoms with Gasteiger partial charge in [-0.05, 0) is 49.2 Å². The Kier molecular flexibility index (Phi) is 6.85. The van der Waals surface area contributed by atoms with Gasteiger partial charge < -0.3 is 14.2 Å². The van der Waals surface area contributed by atoms with Gasteiger partial charge in [0, 0.05) is 55.4 Å². The van der Waals surface area contributed by atoms with Crippen LogP contribution in [0.2, 0.25) is 0 Å². The van der Waals surface area contributed by atoms with Crippen LogP contribution in [0.4, 0.5) is 4.39 Å². The van der Waals surface area contributed by atoms with Gasteiger partial charge in [-0.2, -0.15) is 0 Å². The summed E-state index contributed by atoms with van der Waals surface area (Å²) >= 11 is 0. The largest absolute Gasteiger partial charge is 0.465 e. The van der Waals surface area contributed by atoms with Gasteiger partial charge in [0.2, 0.25) is 0 Å². The molecule has 0 radical (unpaired) electrons. The van der Waals surface area contributed by atoms with Gasteiger partial charge in [0.05, 0.1) is 6.61 Å². The number of carbonyl (C=O) groups excluding carboxylic acids is 2. The summed E-state index contributed by atoms with van der Waals surface area (Å²) < 4.78 is 20.2. The normalized spacial score (nSPS) is 14.6. The first kappa shape index (κ1) is 22.0. The van der Waals surface area contributed by atoms with Crippen molar-refractivity contribution >= 4 is 22.8 Å². The Labute approximate surface area is 187 Å². The molecule has 7 heteroatoms. The summed E-state index contributed by atoms with van der Waals surface area (Å²) in [5.74, 6) is -0.622. The van der Waals surface area contributed by atoms with Crippen molar-refractivity contribution in [2.24, 2.45) is 0 Å². The molecule has 0 spiro atoms. The standard InChI is InChI=1S/C25H28FN3O3/c1-2-32-24(30)18-29-17-20(22-5-3-4-6-23(22)29)11-12-27-13-15-28(16-14-27)25(31)19-7-9-21(26)10-8-19/h3-10,17H,2,11-16,18H2,1H3. The Bertz CT molecular complexity index is 1090. The van der Waals surface area contributed by atoms with Crippen LogP contribution in [0.15, 0.2) is 54.7 Å². The summed E-state index contributed by atoms with van der Waals surface area (Å²) in [4.78, 5) is 28.8. The highest BCUT2D eigenvalue weighted by molar-refractivity contribution is 5.94. The predicted molar refractivity (Wildman–Crippen MR) is 121 cm³/mol. The quantitative estimate of drug-likeness (QED) is 0.532. The second kappa shape index (κ2) is 9.96. The van der Waals surface area contributed by atoms with E-state index in [2.05, 4.69) is 17.2 Å². The number of ether oxygens (including phenoxy) is 1. The minimum absolute atomic E-state index is 0.0494. The number of rotatable bonds is 7. The molecule has 1 saturated heterocycles. The van der Waals surface area contributed by atoms with Gasteiger partial charge in [-0.3, -0.25) is 14.5 Å². The van der Waals surface area contributed by atoms with E-state index in [-0.39, 0.29) is 24.2 Å². The Morgan fingerprint density at radius 1 is 1.00 bits per heavy atom. The van der Waals surface area contributed by atoms with Crippen molar-refractivity contribution in [1.29, 1.82) is 0 Å². The molecule has 0 N–H and O–H groups in total. The van der Waals surface area contributed by atoms with Crippen LogP contribution < -0.4 is 0 Å². The molecule has 168 valence electrons. The molecule has 2 aromatic carbocycles. The molecular weight excluding hydrogens is 409 g/mol. The molecule has 6 nitrogen and oxygen atoms in total. The van der Waals surface area contributed by atoms with E-state index < -0.39 is 0 Å². The van der Waals surface area contributed by atoms with Gasteiger partial charge in [0.15, 0.2) is 0 Å². The molecule has 0 aliphatic carbocycles. The van der Waals surface area contributed by atoms with Crippen LogP contribution in [-0.4, -0.2) is 65.6 Å². The zero-order chi connectivity index (χ0) is 22.5. The lowest BCUT2D eigenvalue weighted by Crippen LogP contribution is -2.49. The molecule has 3 aromatic rings. The number of aromatic nitrogens is 1. The third-order valence-corrected chi connectivity index (χ3v) is 5.92. The molecule has 1 amide bonds. The first-order chi connectivity index (χ1) is 15.5. The summed E-state index contributed by atoms with van der Waals surface area (Å²) in [5.41, 5.74) is 2.76. The molecule has 1 aliphatic rings. The zero-order valence-corrected chi connectivity index (χ0v) is 18.3. The number of fused-ring (bicyclic) bond motifs is 1. The lowest BCUT2D eigenvalue weighted by molar-refractivity contribution is -0.143. The van der Waals surface area contributed by atoms with Gasteiger partial charge >= 0.3 is 5.97 Å². The van der Waals surface area contributed by atoms with Gasteiger partial charge in [-0.25, -0.2) is 4.39 Å². The molecule has 2 heterocycles. The number of piperazine rings is 1. The summed E-state index contributed by atoms with van der Waals surface area (Å²) in [6.45, 7) is 6.18. The molecule has 0 bridgehead atoms. The van der Waals surface area contributed by atoms with Crippen molar-refractivity contribution in [3.63, 3.8) is 0 Å². The molecular formula is C25H28FN3O3. The van der Waals surface area contributed by atoms with E-state index in [0.717, 1.165) is 37.0 Å². The first-order valence-electron chi connectivity index (χ1n) is 11.0. The lowest BCUT2D eigenvalue weighted by atomic mass is 10.1. The van der Waals surface area contributed by atoms with Crippen LogP contribution in [0, 0.1) is 5.82 Å². The van der Waals surface area contributed by atoms with Crippen molar-refractivity contribution in [3.8, 4) is 0 Å². The van der Waals surface area contributed by atoms with Crippen LogP contribution in [0.1, 0.15) is 22.8 Å². The summed E-state index contributed by atoms with van der Waals surface area (Å²) in [5, 5.41) is 1.15. The highest BCUT2D eigenvalue weighted by Gasteiger charge is 2.22. The Morgan fingerprint density at radius 2 is 1.72 bits per heavy atom. The van der Waals surface area contributed by atoms with Crippen molar-refractivity contribution < 1.29 is 18.7 Å². The van der Waals surface area contributed by atoms with E-state index in [1.165, 1.54) is 29.8 Å². The number of esters is 1. The van der Waals surface area contributed by atoms with Crippen molar-refractivity contribution in [3.05, 3.63) is 71.7 Å². The fourth-order valence-corrected chi connectivity index (χ4v) is 4.23. The number of hydrogen-bond acceptors (Lipinski definition) is 4. The Morgan fingerprint density at radius 3 is 2.44 bits per heavy atom. The molecule has 0 unspecified atom stereocenters. The third kappa shape index (κ3) is 4.99. The van der Waals surface area contributed by atoms with Crippen LogP contribution in [0.25, 0.3) is 10.9 Å². The van der Waals surface area contributed by atoms with Crippen LogP contribution >= 0.6 is 0 Å². The Balaban J connectivity index is 1.35. The molecule has 0 saturated carbocycles. The molecule has 0 atom stereocenters. The van der Waals surface area contributed by atoms with E-state index in [1.807, 2.05) is 34.6 Å². The predicted octanol–water partition coefficient (Wildman–Crippen LogP) is 3.34. The second-order valence-electron chi connectivity index (χ2n) is 8.00. The van der Waals surface area contributed by atoms with Gasteiger partial charge in [0.25, 0.3) is 5.91 Å². The summed E-state index contributed by atoms with van der Waals surface area (Å²) in [6, 6.07) is 13.8. The number of carbonyl (C=O) groups is 2. The lowest BCUT2D eigenvalue weighted by Gasteiger charge is -2.34. The number of halogens is 1. The topological polar surface area (TPSA) is 54.8 Å². The van der Waals surface area contributed by atoms with Crippen LogP contribution in [0.3, 0.4) is 0 Å². The van der Waals surface area contributed by atoms with Gasteiger partial charge in [0.1, 0.15) is 12.4 Å². The highest BCUT2D eigenvalue weighted by Crippen LogP contribution is 2.22. The number of nitrogens with zero attached hydrogens (tertiary/aromatic N) is 3. The fraction of sp³-hybridized carbons (Fsp3) is 0.360. The molecule has 1 aromatic heterocycles. The average Bonchev–Trinajstić information content (AvgIpc) is 3.15. The third-order valence-electron chi connectivity index (χ3n) is 5.92. The second-order valence-corrected chi connectivity index (χ2v) is 8.00. The molecule has 1 fully saturated rings. The maximum Gasteiger partial charge on any atom is 0.325 e. The molecule has 32 heavy (non-hydrogen) atoms. The van der Waals surface area contributed by atoms with Crippen LogP contribution in [-0.2, 0) is 22.5 Å².